The van der Waals surface area contributed by atoms with Crippen molar-refractivity contribution in [3.8, 4) is 5.75 Å². The van der Waals surface area contributed by atoms with Gasteiger partial charge in [-0.15, -0.1) is 0 Å². The van der Waals surface area contributed by atoms with Crippen LogP contribution in [0, 0.1) is 0 Å². The summed E-state index contributed by atoms with van der Waals surface area (Å²) in [5, 5.41) is 5.20. The Labute approximate surface area is 261 Å². The van der Waals surface area contributed by atoms with Crippen LogP contribution in [0.2, 0.25) is 0 Å². The topological polar surface area (TPSA) is 129 Å². The maximum Gasteiger partial charge on any atom is 0.514 e. The summed E-state index contributed by atoms with van der Waals surface area (Å²) in [4.78, 5) is 50.6. The molecule has 2 N–H and O–H groups in total. The molecule has 0 spiro atoms. The Morgan fingerprint density at radius 2 is 1.07 bits per heavy atom. The van der Waals surface area contributed by atoms with E-state index in [4.69, 9.17) is 18.9 Å². The lowest BCUT2D eigenvalue weighted by Gasteiger charge is -2.21. The molecule has 10 nitrogen and oxygen atoms in total. The van der Waals surface area contributed by atoms with Gasteiger partial charge >= 0.3 is 18.2 Å². The van der Waals surface area contributed by atoms with E-state index in [9.17, 15) is 19.2 Å². The highest BCUT2D eigenvalue weighted by molar-refractivity contribution is 5.89. The molecule has 4 aromatic carbocycles. The van der Waals surface area contributed by atoms with Gasteiger partial charge in [0.15, 0.2) is 0 Å². The van der Waals surface area contributed by atoms with Crippen LogP contribution in [-0.4, -0.2) is 36.2 Å². The van der Waals surface area contributed by atoms with Crippen molar-refractivity contribution in [3.05, 3.63) is 138 Å². The van der Waals surface area contributed by atoms with Gasteiger partial charge in [0.05, 0.1) is 0 Å². The minimum atomic E-state index is -1.10. The first kappa shape index (κ1) is 32.3. The van der Waals surface area contributed by atoms with Crippen molar-refractivity contribution in [1.29, 1.82) is 0 Å². The van der Waals surface area contributed by atoms with Crippen LogP contribution in [0.15, 0.2) is 115 Å². The third-order valence-corrected chi connectivity index (χ3v) is 6.52. The van der Waals surface area contributed by atoms with Gasteiger partial charge in [0.1, 0.15) is 37.7 Å². The Balaban J connectivity index is 1.35. The molecule has 0 aliphatic carbocycles. The van der Waals surface area contributed by atoms with Crippen molar-refractivity contribution >= 4 is 24.1 Å². The molecular formula is C35H34N2O8. The molecule has 0 aromatic heterocycles. The Hall–Kier alpha value is -5.64. The normalized spacial score (nSPS) is 11.8. The number of carbonyl (C=O) groups is 4. The van der Waals surface area contributed by atoms with Crippen LogP contribution in [0.5, 0.6) is 5.75 Å². The Bertz CT molecular complexity index is 1530. The molecular weight excluding hydrogens is 576 g/mol. The zero-order valence-corrected chi connectivity index (χ0v) is 24.7. The van der Waals surface area contributed by atoms with Crippen LogP contribution in [0.25, 0.3) is 0 Å². The van der Waals surface area contributed by atoms with E-state index >= 15 is 0 Å². The molecule has 0 bridgehead atoms. The lowest BCUT2D eigenvalue weighted by atomic mass is 10.0. The maximum atomic E-state index is 13.3. The van der Waals surface area contributed by atoms with E-state index in [1.54, 1.807) is 36.4 Å². The summed E-state index contributed by atoms with van der Waals surface area (Å²) >= 11 is 0. The summed E-state index contributed by atoms with van der Waals surface area (Å²) in [6.45, 7) is 1.63. The van der Waals surface area contributed by atoms with Gasteiger partial charge < -0.3 is 29.6 Å². The first-order valence-corrected chi connectivity index (χ1v) is 14.3. The van der Waals surface area contributed by atoms with Crippen LogP contribution >= 0.6 is 0 Å². The molecule has 0 fully saturated rings. The molecule has 2 amide bonds. The monoisotopic (exact) mass is 610 g/mol. The number of alkyl carbamates (subject to hydrolysis) is 1. The number of nitrogens with one attached hydrogen (secondary N) is 2. The van der Waals surface area contributed by atoms with E-state index in [1.165, 1.54) is 6.92 Å². The molecule has 4 rings (SSSR count). The van der Waals surface area contributed by atoms with Crippen molar-refractivity contribution in [2.75, 3.05) is 0 Å². The van der Waals surface area contributed by atoms with Crippen molar-refractivity contribution in [3.63, 3.8) is 0 Å². The number of esters is 1. The third-order valence-electron chi connectivity index (χ3n) is 6.52. The van der Waals surface area contributed by atoms with Gasteiger partial charge in [-0.3, -0.25) is 4.79 Å². The summed E-state index contributed by atoms with van der Waals surface area (Å²) in [7, 11) is 0. The highest BCUT2D eigenvalue weighted by Crippen LogP contribution is 2.15. The average molecular weight is 611 g/mol. The summed E-state index contributed by atoms with van der Waals surface area (Å²) in [6.07, 6.45) is -1.61. The molecule has 0 saturated carbocycles. The molecule has 4 aromatic rings. The molecule has 0 unspecified atom stereocenters. The average Bonchev–Trinajstić information content (AvgIpc) is 3.07. The Morgan fingerprint density at radius 1 is 0.578 bits per heavy atom. The lowest BCUT2D eigenvalue weighted by Crippen LogP contribution is -2.52. The molecule has 2 atom stereocenters. The third kappa shape index (κ3) is 11.2. The molecule has 0 saturated heterocycles. The van der Waals surface area contributed by atoms with E-state index in [0.29, 0.717) is 5.56 Å². The first-order chi connectivity index (χ1) is 21.9. The predicted octanol–water partition coefficient (Wildman–Crippen LogP) is 5.49. The fourth-order valence-electron chi connectivity index (χ4n) is 4.11. The van der Waals surface area contributed by atoms with E-state index in [1.807, 2.05) is 78.9 Å². The molecule has 0 heterocycles. The fraction of sp³-hybridized carbons (Fsp3) is 0.200. The van der Waals surface area contributed by atoms with Crippen LogP contribution in [0.3, 0.4) is 0 Å². The SMILES string of the molecule is C[C@@H](NC(=O)[C@@H](Cc1ccc(OC(=O)OCc2ccccc2)cc1)NC(=O)OCc1ccccc1)C(=O)OCc1ccccc1. The highest BCUT2D eigenvalue weighted by Gasteiger charge is 2.26. The summed E-state index contributed by atoms with van der Waals surface area (Å²) in [5.41, 5.74) is 3.05. The summed E-state index contributed by atoms with van der Waals surface area (Å²) in [5.74, 6) is -0.998. The van der Waals surface area contributed by atoms with Gasteiger partial charge in [0.2, 0.25) is 5.91 Å². The Kier molecular flexibility index (Phi) is 12.1. The summed E-state index contributed by atoms with van der Waals surface area (Å²) in [6, 6.07) is 31.8. The molecule has 0 aliphatic heterocycles. The second-order valence-electron chi connectivity index (χ2n) is 10.1. The second-order valence-corrected chi connectivity index (χ2v) is 10.1. The van der Waals surface area contributed by atoms with Gasteiger partial charge in [0.25, 0.3) is 0 Å². The number of ether oxygens (including phenoxy) is 4. The minimum Gasteiger partial charge on any atom is -0.459 e. The number of hydrogen-bond donors (Lipinski definition) is 2. The number of carbonyl (C=O) groups excluding carboxylic acids is 4. The quantitative estimate of drug-likeness (QED) is 0.116. The largest absolute Gasteiger partial charge is 0.514 e. The van der Waals surface area contributed by atoms with Gasteiger partial charge in [-0.25, -0.2) is 14.4 Å². The number of hydrogen-bond acceptors (Lipinski definition) is 8. The zero-order valence-electron chi connectivity index (χ0n) is 24.7. The smallest absolute Gasteiger partial charge is 0.459 e. The van der Waals surface area contributed by atoms with Crippen molar-refractivity contribution in [2.45, 2.75) is 45.2 Å². The highest BCUT2D eigenvalue weighted by atomic mass is 16.7. The van der Waals surface area contributed by atoms with Crippen LogP contribution < -0.4 is 15.4 Å². The van der Waals surface area contributed by atoms with Crippen molar-refractivity contribution in [1.82, 2.24) is 10.6 Å². The van der Waals surface area contributed by atoms with E-state index in [2.05, 4.69) is 10.6 Å². The molecule has 232 valence electrons. The lowest BCUT2D eigenvalue weighted by molar-refractivity contribution is -0.148. The van der Waals surface area contributed by atoms with Gasteiger partial charge in [-0.05, 0) is 41.3 Å². The summed E-state index contributed by atoms with van der Waals surface area (Å²) < 4.78 is 21.0. The van der Waals surface area contributed by atoms with E-state index < -0.39 is 36.2 Å². The van der Waals surface area contributed by atoms with Gasteiger partial charge in [-0.1, -0.05) is 103 Å². The van der Waals surface area contributed by atoms with Gasteiger partial charge in [0, 0.05) is 6.42 Å². The van der Waals surface area contributed by atoms with Crippen LogP contribution in [0.1, 0.15) is 29.2 Å². The molecule has 45 heavy (non-hydrogen) atoms. The standard InChI is InChI=1S/C35H34N2O8/c1-25(33(39)42-22-27-11-5-2-6-12-27)36-32(38)31(37-34(40)43-23-28-13-7-3-8-14-28)21-26-17-19-30(20-18-26)45-35(41)44-24-29-15-9-4-10-16-29/h2-20,25,31H,21-24H2,1H3,(H,36,38)(H,37,40)/t25-,31-/m1/s1. The van der Waals surface area contributed by atoms with E-state index in [-0.39, 0.29) is 32.0 Å². The predicted molar refractivity (Wildman–Crippen MR) is 165 cm³/mol. The zero-order chi connectivity index (χ0) is 31.9. The molecule has 0 aliphatic rings. The van der Waals surface area contributed by atoms with E-state index in [0.717, 1.165) is 16.7 Å². The molecule has 0 radical (unpaired) electrons. The minimum absolute atomic E-state index is 0.00956. The fourth-order valence-corrected chi connectivity index (χ4v) is 4.11. The van der Waals surface area contributed by atoms with Crippen LogP contribution in [0.4, 0.5) is 9.59 Å². The molecule has 10 heteroatoms. The van der Waals surface area contributed by atoms with Crippen LogP contribution in [-0.2, 0) is 50.0 Å². The number of rotatable bonds is 13. The first-order valence-electron chi connectivity index (χ1n) is 14.3. The Morgan fingerprint density at radius 3 is 1.60 bits per heavy atom. The maximum absolute atomic E-state index is 13.3. The number of amides is 2. The van der Waals surface area contributed by atoms with Gasteiger partial charge in [-0.2, -0.15) is 0 Å². The van der Waals surface area contributed by atoms with Crippen molar-refractivity contribution < 1.29 is 38.1 Å². The number of benzene rings is 4. The van der Waals surface area contributed by atoms with Crippen molar-refractivity contribution in [2.24, 2.45) is 0 Å². The second kappa shape index (κ2) is 16.9.